The van der Waals surface area contributed by atoms with Crippen molar-refractivity contribution >= 4 is 28.5 Å². The third-order valence-corrected chi connectivity index (χ3v) is 5.79. The van der Waals surface area contributed by atoms with Crippen LogP contribution < -0.4 is 5.32 Å². The molecule has 1 aromatic heterocycles. The first kappa shape index (κ1) is 17.8. The highest BCUT2D eigenvalue weighted by molar-refractivity contribution is 6.31. The van der Waals surface area contributed by atoms with Gasteiger partial charge in [0.1, 0.15) is 5.82 Å². The second-order valence-electron chi connectivity index (χ2n) is 7.49. The molecule has 1 atom stereocenters. The van der Waals surface area contributed by atoms with E-state index in [4.69, 9.17) is 16.6 Å². The van der Waals surface area contributed by atoms with E-state index in [1.54, 1.807) is 0 Å². The lowest BCUT2D eigenvalue weighted by molar-refractivity contribution is -0.126. The molecule has 0 spiro atoms. The molecular weight excluding hydrogens is 350 g/mol. The van der Waals surface area contributed by atoms with Crippen molar-refractivity contribution < 1.29 is 4.79 Å². The van der Waals surface area contributed by atoms with E-state index in [2.05, 4.69) is 26.7 Å². The molecular formula is C19H26ClN5O. The number of amides is 1. The van der Waals surface area contributed by atoms with E-state index in [9.17, 15) is 4.79 Å². The van der Waals surface area contributed by atoms with Crippen LogP contribution in [0.1, 0.15) is 25.6 Å². The Hall–Kier alpha value is -1.63. The lowest BCUT2D eigenvalue weighted by Crippen LogP contribution is -2.53. The Balaban J connectivity index is 1.35. The highest BCUT2D eigenvalue weighted by atomic mass is 35.5. The van der Waals surface area contributed by atoms with E-state index < -0.39 is 0 Å². The fraction of sp³-hybridized carbons (Fsp3) is 0.579. The highest BCUT2D eigenvalue weighted by Crippen LogP contribution is 2.21. The molecule has 0 radical (unpaired) electrons. The number of rotatable bonds is 5. The van der Waals surface area contributed by atoms with Gasteiger partial charge in [0.05, 0.1) is 23.6 Å². The summed E-state index contributed by atoms with van der Waals surface area (Å²) in [5.74, 6) is 1.23. The van der Waals surface area contributed by atoms with E-state index in [1.165, 1.54) is 0 Å². The van der Waals surface area contributed by atoms with Crippen LogP contribution in [0.25, 0.3) is 11.0 Å². The topological polar surface area (TPSA) is 53.4 Å². The van der Waals surface area contributed by atoms with Gasteiger partial charge in [-0.1, -0.05) is 11.6 Å². The summed E-state index contributed by atoms with van der Waals surface area (Å²) in [6.45, 7) is 6.56. The third kappa shape index (κ3) is 3.72. The maximum Gasteiger partial charge on any atom is 0.237 e. The molecule has 26 heavy (non-hydrogen) atoms. The molecule has 1 aliphatic heterocycles. The molecule has 1 N–H and O–H groups in total. The number of imidazole rings is 1. The average Bonchev–Trinajstić information content (AvgIpc) is 3.39. The van der Waals surface area contributed by atoms with E-state index in [0.29, 0.717) is 11.1 Å². The van der Waals surface area contributed by atoms with Crippen molar-refractivity contribution in [1.29, 1.82) is 0 Å². The van der Waals surface area contributed by atoms with Gasteiger partial charge in [0.25, 0.3) is 0 Å². The summed E-state index contributed by atoms with van der Waals surface area (Å²) in [5.41, 5.74) is 2.05. The zero-order chi connectivity index (χ0) is 18.3. The third-order valence-electron chi connectivity index (χ3n) is 5.56. The Morgan fingerprint density at radius 1 is 1.31 bits per heavy atom. The second kappa shape index (κ2) is 7.18. The molecule has 4 rings (SSSR count). The van der Waals surface area contributed by atoms with Crippen LogP contribution in [0.4, 0.5) is 0 Å². The number of benzene rings is 1. The summed E-state index contributed by atoms with van der Waals surface area (Å²) in [7, 11) is 2.05. The number of nitrogens with one attached hydrogen (secondary N) is 1. The fourth-order valence-corrected chi connectivity index (χ4v) is 3.75. The van der Waals surface area contributed by atoms with Gasteiger partial charge in [-0.15, -0.1) is 0 Å². The number of nitrogens with zero attached hydrogens (tertiary/aromatic N) is 4. The van der Waals surface area contributed by atoms with Crippen LogP contribution in [-0.4, -0.2) is 63.5 Å². The van der Waals surface area contributed by atoms with Gasteiger partial charge in [0.15, 0.2) is 0 Å². The number of carbonyl (C=O) groups excluding carboxylic acids is 1. The van der Waals surface area contributed by atoms with Gasteiger partial charge in [-0.05, 0) is 38.0 Å². The monoisotopic (exact) mass is 375 g/mol. The van der Waals surface area contributed by atoms with Gasteiger partial charge in [-0.25, -0.2) is 4.98 Å². The number of hydrogen-bond acceptors (Lipinski definition) is 4. The van der Waals surface area contributed by atoms with Crippen molar-refractivity contribution in [3.8, 4) is 0 Å². The van der Waals surface area contributed by atoms with Gasteiger partial charge < -0.3 is 9.88 Å². The summed E-state index contributed by atoms with van der Waals surface area (Å²) in [6, 6.07) is 6.22. The first-order valence-electron chi connectivity index (χ1n) is 9.39. The Labute approximate surface area is 159 Å². The summed E-state index contributed by atoms with van der Waals surface area (Å²) in [6.07, 6.45) is 2.27. The zero-order valence-electron chi connectivity index (χ0n) is 15.4. The predicted octanol–water partition coefficient (Wildman–Crippen LogP) is 2.01. The molecule has 2 fully saturated rings. The Bertz CT molecular complexity index is 808. The standard InChI is InChI=1S/C19H26ClN5O/c1-13(19(26)21-15-4-5-15)25-9-7-24(8-10-25)12-18-22-16-11-14(20)3-6-17(16)23(18)2/h3,6,11,13,15H,4-5,7-10,12H2,1-2H3,(H,21,26). The van der Waals surface area contributed by atoms with Crippen molar-refractivity contribution in [1.82, 2.24) is 24.7 Å². The number of fused-ring (bicyclic) bond motifs is 1. The van der Waals surface area contributed by atoms with Crippen LogP contribution in [-0.2, 0) is 18.4 Å². The molecule has 1 unspecified atom stereocenters. The normalized spacial score (nSPS) is 20.4. The van der Waals surface area contributed by atoms with E-state index in [-0.39, 0.29) is 11.9 Å². The number of aryl methyl sites for hydroxylation is 1. The Kier molecular flexibility index (Phi) is 4.90. The molecule has 1 saturated heterocycles. The minimum atomic E-state index is -0.0457. The quantitative estimate of drug-likeness (QED) is 0.868. The number of piperazine rings is 1. The van der Waals surface area contributed by atoms with Crippen molar-refractivity contribution in [2.45, 2.75) is 38.4 Å². The van der Waals surface area contributed by atoms with Crippen molar-refractivity contribution in [3.63, 3.8) is 0 Å². The molecule has 6 nitrogen and oxygen atoms in total. The van der Waals surface area contributed by atoms with Crippen LogP contribution >= 0.6 is 11.6 Å². The van der Waals surface area contributed by atoms with E-state index >= 15 is 0 Å². The van der Waals surface area contributed by atoms with Gasteiger partial charge in [-0.2, -0.15) is 0 Å². The minimum absolute atomic E-state index is 0.0457. The minimum Gasteiger partial charge on any atom is -0.352 e. The number of halogens is 1. The first-order chi connectivity index (χ1) is 12.5. The Morgan fingerprint density at radius 2 is 2.04 bits per heavy atom. The van der Waals surface area contributed by atoms with Crippen LogP contribution in [0, 0.1) is 0 Å². The molecule has 1 aliphatic carbocycles. The summed E-state index contributed by atoms with van der Waals surface area (Å²) < 4.78 is 2.14. The maximum atomic E-state index is 12.2. The summed E-state index contributed by atoms with van der Waals surface area (Å²) in [5, 5.41) is 3.83. The molecule has 1 saturated carbocycles. The van der Waals surface area contributed by atoms with Crippen LogP contribution in [0.5, 0.6) is 0 Å². The maximum absolute atomic E-state index is 12.2. The molecule has 7 heteroatoms. The summed E-state index contributed by atoms with van der Waals surface area (Å²) >= 11 is 6.08. The van der Waals surface area contributed by atoms with Crippen LogP contribution in [0.3, 0.4) is 0 Å². The number of aromatic nitrogens is 2. The lowest BCUT2D eigenvalue weighted by Gasteiger charge is -2.37. The predicted molar refractivity (Wildman–Crippen MR) is 103 cm³/mol. The van der Waals surface area contributed by atoms with Gasteiger partial charge in [0.2, 0.25) is 5.91 Å². The van der Waals surface area contributed by atoms with Crippen LogP contribution in [0.15, 0.2) is 18.2 Å². The van der Waals surface area contributed by atoms with Crippen molar-refractivity contribution in [2.24, 2.45) is 7.05 Å². The number of carbonyl (C=O) groups is 1. The van der Waals surface area contributed by atoms with Gasteiger partial charge in [-0.3, -0.25) is 14.6 Å². The molecule has 140 valence electrons. The smallest absolute Gasteiger partial charge is 0.237 e. The molecule has 1 aromatic carbocycles. The second-order valence-corrected chi connectivity index (χ2v) is 7.93. The van der Waals surface area contributed by atoms with Gasteiger partial charge in [0, 0.05) is 44.3 Å². The number of hydrogen-bond donors (Lipinski definition) is 1. The van der Waals surface area contributed by atoms with Crippen LogP contribution in [0.2, 0.25) is 5.02 Å². The average molecular weight is 376 g/mol. The van der Waals surface area contributed by atoms with E-state index in [1.807, 2.05) is 25.1 Å². The zero-order valence-corrected chi connectivity index (χ0v) is 16.2. The fourth-order valence-electron chi connectivity index (χ4n) is 3.59. The molecule has 2 heterocycles. The summed E-state index contributed by atoms with van der Waals surface area (Å²) in [4.78, 5) is 21.7. The van der Waals surface area contributed by atoms with Gasteiger partial charge >= 0.3 is 0 Å². The Morgan fingerprint density at radius 3 is 2.73 bits per heavy atom. The SMILES string of the molecule is CC(C(=O)NC1CC1)N1CCN(Cc2nc3cc(Cl)ccc3n2C)CC1. The molecule has 2 aromatic rings. The van der Waals surface area contributed by atoms with Crippen molar-refractivity contribution in [2.75, 3.05) is 26.2 Å². The molecule has 2 aliphatic rings. The largest absolute Gasteiger partial charge is 0.352 e. The first-order valence-corrected chi connectivity index (χ1v) is 9.76. The van der Waals surface area contributed by atoms with E-state index in [0.717, 1.165) is 62.4 Å². The highest BCUT2D eigenvalue weighted by Gasteiger charge is 2.30. The van der Waals surface area contributed by atoms with Crippen molar-refractivity contribution in [3.05, 3.63) is 29.0 Å². The lowest BCUT2D eigenvalue weighted by atomic mass is 10.2. The molecule has 0 bridgehead atoms. The molecule has 1 amide bonds.